The van der Waals surface area contributed by atoms with Crippen molar-refractivity contribution in [1.29, 1.82) is 0 Å². The van der Waals surface area contributed by atoms with Gasteiger partial charge in [0.2, 0.25) is 11.9 Å². The van der Waals surface area contributed by atoms with Crippen LogP contribution in [-0.2, 0) is 21.9 Å². The number of hydrogen-bond acceptors (Lipinski definition) is 8. The first-order valence-electron chi connectivity index (χ1n) is 11.2. The Bertz CT molecular complexity index is 1120. The fourth-order valence-corrected chi connectivity index (χ4v) is 3.64. The molecule has 37 heavy (non-hydrogen) atoms. The Kier molecular flexibility index (Phi) is 8.60. The third-order valence-electron chi connectivity index (χ3n) is 5.86. The number of aromatic nitrogens is 4. The van der Waals surface area contributed by atoms with Gasteiger partial charge in [-0.2, -0.15) is 31.4 Å². The molecule has 1 aliphatic rings. The number of carbonyl (C=O) groups excluding carboxylic acids is 1. The molecule has 204 valence electrons. The molecule has 0 saturated carbocycles. The standard InChI is InChI=1S/C21H25F6N7O3/c1-13(32(2)15-11-30-31-18(36)17(15)21(25,26)27)12-37-8-3-16(35)33-4-6-34(7-5-33)19-28-9-14(10-29-19)20(22,23)24/h9-11,13H,3-8,12H2,1-2H3,(H,31,36). The molecule has 1 aliphatic heterocycles. The molecule has 1 saturated heterocycles. The van der Waals surface area contributed by atoms with Crippen LogP contribution in [0.1, 0.15) is 24.5 Å². The van der Waals surface area contributed by atoms with Gasteiger partial charge in [0.05, 0.1) is 37.1 Å². The highest BCUT2D eigenvalue weighted by atomic mass is 19.4. The van der Waals surface area contributed by atoms with Crippen LogP contribution in [0.5, 0.6) is 0 Å². The molecular formula is C21H25F6N7O3. The second-order valence-electron chi connectivity index (χ2n) is 8.38. The summed E-state index contributed by atoms with van der Waals surface area (Å²) in [6.45, 7) is 2.94. The first-order chi connectivity index (χ1) is 17.3. The van der Waals surface area contributed by atoms with Gasteiger partial charge in [0, 0.05) is 51.7 Å². The molecule has 0 radical (unpaired) electrons. The van der Waals surface area contributed by atoms with Gasteiger partial charge in [0.15, 0.2) is 0 Å². The highest BCUT2D eigenvalue weighted by Gasteiger charge is 2.39. The van der Waals surface area contributed by atoms with Crippen LogP contribution in [0.4, 0.5) is 38.0 Å². The third-order valence-corrected chi connectivity index (χ3v) is 5.86. The Morgan fingerprint density at radius 1 is 1.08 bits per heavy atom. The third kappa shape index (κ3) is 7.08. The maximum atomic E-state index is 13.3. The fourth-order valence-electron chi connectivity index (χ4n) is 3.64. The highest BCUT2D eigenvalue weighted by molar-refractivity contribution is 5.76. The topological polar surface area (TPSA) is 108 Å². The molecule has 10 nitrogen and oxygen atoms in total. The van der Waals surface area contributed by atoms with Crippen molar-refractivity contribution in [2.45, 2.75) is 31.7 Å². The van der Waals surface area contributed by atoms with Crippen molar-refractivity contribution in [2.75, 3.05) is 56.2 Å². The lowest BCUT2D eigenvalue weighted by Crippen LogP contribution is -2.49. The van der Waals surface area contributed by atoms with Gasteiger partial charge in [0.1, 0.15) is 5.56 Å². The molecule has 16 heteroatoms. The zero-order valence-corrected chi connectivity index (χ0v) is 19.9. The monoisotopic (exact) mass is 537 g/mol. The average molecular weight is 537 g/mol. The average Bonchev–Trinajstić information content (AvgIpc) is 2.84. The van der Waals surface area contributed by atoms with E-state index in [2.05, 4.69) is 15.1 Å². The largest absolute Gasteiger partial charge is 0.423 e. The van der Waals surface area contributed by atoms with Crippen molar-refractivity contribution in [3.8, 4) is 0 Å². The quantitative estimate of drug-likeness (QED) is 0.404. The summed E-state index contributed by atoms with van der Waals surface area (Å²) in [6, 6.07) is -0.563. The summed E-state index contributed by atoms with van der Waals surface area (Å²) >= 11 is 0. The van der Waals surface area contributed by atoms with E-state index in [1.165, 1.54) is 11.9 Å². The fraction of sp³-hybridized carbons (Fsp3) is 0.571. The maximum Gasteiger partial charge on any atom is 0.423 e. The second kappa shape index (κ2) is 11.3. The van der Waals surface area contributed by atoms with E-state index in [-0.39, 0.29) is 31.5 Å². The van der Waals surface area contributed by atoms with Crippen molar-refractivity contribution in [2.24, 2.45) is 0 Å². The van der Waals surface area contributed by atoms with Gasteiger partial charge in [0.25, 0.3) is 5.56 Å². The molecule has 1 N–H and O–H groups in total. The SMILES string of the molecule is CC(COCCC(=O)N1CCN(c2ncc(C(F)(F)F)cn2)CC1)N(C)c1cn[nH]c(=O)c1C(F)(F)F. The number of aromatic amines is 1. The molecule has 0 aliphatic carbocycles. The predicted molar refractivity (Wildman–Crippen MR) is 119 cm³/mol. The summed E-state index contributed by atoms with van der Waals surface area (Å²) in [7, 11) is 1.38. The van der Waals surface area contributed by atoms with E-state index >= 15 is 0 Å². The molecule has 0 bridgehead atoms. The van der Waals surface area contributed by atoms with Gasteiger partial charge in [-0.1, -0.05) is 0 Å². The minimum Gasteiger partial charge on any atom is -0.379 e. The van der Waals surface area contributed by atoms with E-state index in [9.17, 15) is 35.9 Å². The molecule has 1 unspecified atom stereocenters. The Morgan fingerprint density at radius 3 is 2.27 bits per heavy atom. The van der Waals surface area contributed by atoms with Crippen molar-refractivity contribution < 1.29 is 35.9 Å². The van der Waals surface area contributed by atoms with Crippen LogP contribution in [0, 0.1) is 0 Å². The van der Waals surface area contributed by atoms with Crippen molar-refractivity contribution in [3.05, 3.63) is 40.1 Å². The number of nitrogens with zero attached hydrogens (tertiary/aromatic N) is 6. The van der Waals surface area contributed by atoms with Crippen LogP contribution in [0.15, 0.2) is 23.4 Å². The lowest BCUT2D eigenvalue weighted by atomic mass is 10.2. The van der Waals surface area contributed by atoms with Crippen molar-refractivity contribution in [1.82, 2.24) is 25.1 Å². The molecular weight excluding hydrogens is 512 g/mol. The summed E-state index contributed by atoms with van der Waals surface area (Å²) < 4.78 is 83.3. The molecule has 2 aromatic rings. The second-order valence-corrected chi connectivity index (χ2v) is 8.38. The lowest BCUT2D eigenvalue weighted by Gasteiger charge is -2.34. The first-order valence-corrected chi connectivity index (χ1v) is 11.2. The summed E-state index contributed by atoms with van der Waals surface area (Å²) in [5.74, 6) is -0.0574. The van der Waals surface area contributed by atoms with Gasteiger partial charge in [-0.25, -0.2) is 15.1 Å². The van der Waals surface area contributed by atoms with Crippen LogP contribution in [0.25, 0.3) is 0 Å². The summed E-state index contributed by atoms with van der Waals surface area (Å²) in [6.07, 6.45) is -7.01. The number of piperazine rings is 1. The number of rotatable bonds is 8. The normalized spacial score (nSPS) is 15.6. The lowest BCUT2D eigenvalue weighted by molar-refractivity contribution is -0.139. The zero-order chi connectivity index (χ0) is 27.4. The zero-order valence-electron chi connectivity index (χ0n) is 19.9. The number of alkyl halides is 6. The molecule has 3 rings (SSSR count). The number of halogens is 6. The minimum absolute atomic E-state index is 0.00703. The maximum absolute atomic E-state index is 13.3. The number of hydrogen-bond donors (Lipinski definition) is 1. The Morgan fingerprint density at radius 2 is 1.70 bits per heavy atom. The Hall–Kier alpha value is -3.43. The summed E-state index contributed by atoms with van der Waals surface area (Å²) in [5.41, 5.74) is -4.04. The van der Waals surface area contributed by atoms with Gasteiger partial charge in [-0.05, 0) is 6.92 Å². The molecule has 0 spiro atoms. The van der Waals surface area contributed by atoms with Gasteiger partial charge in [-0.3, -0.25) is 9.59 Å². The van der Waals surface area contributed by atoms with Crippen LogP contribution in [0.3, 0.4) is 0 Å². The van der Waals surface area contributed by atoms with Crippen molar-refractivity contribution in [3.63, 3.8) is 0 Å². The predicted octanol–water partition coefficient (Wildman–Crippen LogP) is 2.18. The summed E-state index contributed by atoms with van der Waals surface area (Å²) in [4.78, 5) is 36.1. The Labute approximate surface area is 207 Å². The smallest absolute Gasteiger partial charge is 0.379 e. The van der Waals surface area contributed by atoms with Crippen LogP contribution >= 0.6 is 0 Å². The van der Waals surface area contributed by atoms with Crippen LogP contribution < -0.4 is 15.4 Å². The van der Waals surface area contributed by atoms with E-state index in [0.29, 0.717) is 38.6 Å². The van der Waals surface area contributed by atoms with Gasteiger partial charge in [-0.15, -0.1) is 0 Å². The van der Waals surface area contributed by atoms with Gasteiger partial charge < -0.3 is 19.4 Å². The molecule has 1 amide bonds. The first kappa shape index (κ1) is 28.1. The molecule has 1 fully saturated rings. The number of nitrogens with one attached hydrogen (secondary N) is 1. The summed E-state index contributed by atoms with van der Waals surface area (Å²) in [5, 5.41) is 5.22. The molecule has 0 aromatic carbocycles. The molecule has 3 heterocycles. The van der Waals surface area contributed by atoms with Crippen molar-refractivity contribution >= 4 is 17.5 Å². The number of ether oxygens (including phenoxy) is 1. The van der Waals surface area contributed by atoms with Crippen LogP contribution in [-0.4, -0.2) is 83.5 Å². The number of likely N-dealkylation sites (N-methyl/N-ethyl adjacent to an activating group) is 1. The number of amides is 1. The van der Waals surface area contributed by atoms with Crippen LogP contribution in [0.2, 0.25) is 0 Å². The van der Waals surface area contributed by atoms with E-state index in [1.807, 2.05) is 0 Å². The van der Waals surface area contributed by atoms with E-state index in [0.717, 1.165) is 6.20 Å². The van der Waals surface area contributed by atoms with E-state index in [4.69, 9.17) is 4.74 Å². The Balaban J connectivity index is 1.43. The van der Waals surface area contributed by atoms with E-state index in [1.54, 1.807) is 21.8 Å². The molecule has 1 atom stereocenters. The number of carbonyl (C=O) groups is 1. The highest BCUT2D eigenvalue weighted by Crippen LogP contribution is 2.33. The number of anilines is 2. The minimum atomic E-state index is -4.87. The number of H-pyrrole nitrogens is 1. The van der Waals surface area contributed by atoms with Gasteiger partial charge >= 0.3 is 12.4 Å². The molecule has 2 aromatic heterocycles. The van der Waals surface area contributed by atoms with E-state index < -0.39 is 40.8 Å².